The van der Waals surface area contributed by atoms with E-state index >= 15 is 0 Å². The first-order chi connectivity index (χ1) is 4.75. The molecule has 1 aliphatic rings. The van der Waals surface area contributed by atoms with Crippen LogP contribution in [-0.2, 0) is 0 Å². The van der Waals surface area contributed by atoms with E-state index in [0.717, 1.165) is 6.54 Å². The largest absolute Gasteiger partial charge is 0.395 e. The van der Waals surface area contributed by atoms with Gasteiger partial charge in [0.15, 0.2) is 0 Å². The molecule has 1 aliphatic heterocycles. The molecule has 0 bridgehead atoms. The van der Waals surface area contributed by atoms with Crippen LogP contribution < -0.4 is 0 Å². The molecule has 0 amide bonds. The molecule has 0 radical (unpaired) electrons. The van der Waals surface area contributed by atoms with Crippen molar-refractivity contribution in [1.82, 2.24) is 4.90 Å². The molecule has 2 heteroatoms. The van der Waals surface area contributed by atoms with E-state index in [2.05, 4.69) is 18.7 Å². The summed E-state index contributed by atoms with van der Waals surface area (Å²) in [5, 5.41) is 8.72. The smallest absolute Gasteiger partial charge is 0.0558 e. The lowest BCUT2D eigenvalue weighted by Crippen LogP contribution is -2.34. The van der Waals surface area contributed by atoms with Crippen molar-refractivity contribution in [1.29, 1.82) is 0 Å². The molecule has 1 heterocycles. The summed E-state index contributed by atoms with van der Waals surface area (Å²) in [5.41, 5.74) is 0. The van der Waals surface area contributed by atoms with Crippen LogP contribution in [0.4, 0.5) is 0 Å². The Morgan fingerprint density at radius 3 is 2.20 bits per heavy atom. The maximum Gasteiger partial charge on any atom is 0.0558 e. The van der Waals surface area contributed by atoms with Crippen LogP contribution in [0.15, 0.2) is 0 Å². The molecule has 0 unspecified atom stereocenters. The van der Waals surface area contributed by atoms with Crippen LogP contribution >= 0.6 is 0 Å². The Labute approximate surface area is 62.8 Å². The van der Waals surface area contributed by atoms with Gasteiger partial charge in [-0.05, 0) is 26.7 Å². The molecule has 1 saturated heterocycles. The molecule has 0 aliphatic carbocycles. The minimum absolute atomic E-state index is 0.300. The SMILES string of the molecule is C[C@@H]1CC[C@H](C)N1CCO. The molecule has 0 aromatic heterocycles. The van der Waals surface area contributed by atoms with Gasteiger partial charge in [0, 0.05) is 18.6 Å². The summed E-state index contributed by atoms with van der Waals surface area (Å²) in [7, 11) is 0. The Morgan fingerprint density at radius 1 is 1.30 bits per heavy atom. The number of aliphatic hydroxyl groups is 1. The predicted molar refractivity (Wildman–Crippen MR) is 41.9 cm³/mol. The van der Waals surface area contributed by atoms with Crippen LogP contribution in [0.1, 0.15) is 26.7 Å². The Hall–Kier alpha value is -0.0800. The Kier molecular flexibility index (Phi) is 2.69. The average Bonchev–Trinajstić information content (AvgIpc) is 2.20. The second-order valence-corrected chi connectivity index (χ2v) is 3.24. The molecular weight excluding hydrogens is 126 g/mol. The fraction of sp³-hybridized carbons (Fsp3) is 1.00. The second kappa shape index (κ2) is 3.35. The van der Waals surface area contributed by atoms with Crippen molar-refractivity contribution in [2.75, 3.05) is 13.2 Å². The standard InChI is InChI=1S/C8H17NO/c1-7-3-4-8(2)9(7)5-6-10/h7-8,10H,3-6H2,1-2H3/t7-,8+. The van der Waals surface area contributed by atoms with Gasteiger partial charge in [-0.25, -0.2) is 0 Å². The highest BCUT2D eigenvalue weighted by molar-refractivity contribution is 4.81. The maximum absolute atomic E-state index is 8.72. The van der Waals surface area contributed by atoms with Crippen molar-refractivity contribution in [2.24, 2.45) is 0 Å². The highest BCUT2D eigenvalue weighted by atomic mass is 16.3. The van der Waals surface area contributed by atoms with Crippen molar-refractivity contribution in [3.05, 3.63) is 0 Å². The first kappa shape index (κ1) is 8.02. The van der Waals surface area contributed by atoms with Gasteiger partial charge in [0.2, 0.25) is 0 Å². The Morgan fingerprint density at radius 2 is 1.80 bits per heavy atom. The highest BCUT2D eigenvalue weighted by Crippen LogP contribution is 2.22. The minimum atomic E-state index is 0.300. The van der Waals surface area contributed by atoms with Crippen LogP contribution in [0.25, 0.3) is 0 Å². The molecule has 1 rings (SSSR count). The molecule has 1 N–H and O–H groups in total. The zero-order valence-corrected chi connectivity index (χ0v) is 6.88. The summed E-state index contributed by atoms with van der Waals surface area (Å²) in [6.07, 6.45) is 2.59. The van der Waals surface area contributed by atoms with E-state index in [1.54, 1.807) is 0 Å². The van der Waals surface area contributed by atoms with E-state index in [1.165, 1.54) is 12.8 Å². The fourth-order valence-corrected chi connectivity index (χ4v) is 1.80. The van der Waals surface area contributed by atoms with E-state index in [-0.39, 0.29) is 0 Å². The van der Waals surface area contributed by atoms with Crippen LogP contribution in [0.2, 0.25) is 0 Å². The summed E-state index contributed by atoms with van der Waals surface area (Å²) < 4.78 is 0. The van der Waals surface area contributed by atoms with Crippen molar-refractivity contribution < 1.29 is 5.11 Å². The fourth-order valence-electron chi connectivity index (χ4n) is 1.80. The third kappa shape index (κ3) is 1.50. The zero-order valence-electron chi connectivity index (χ0n) is 6.88. The number of hydrogen-bond acceptors (Lipinski definition) is 2. The number of aliphatic hydroxyl groups excluding tert-OH is 1. The van der Waals surface area contributed by atoms with Gasteiger partial charge >= 0.3 is 0 Å². The number of likely N-dealkylation sites (tertiary alicyclic amines) is 1. The van der Waals surface area contributed by atoms with Crippen LogP contribution in [0.3, 0.4) is 0 Å². The van der Waals surface area contributed by atoms with Gasteiger partial charge in [-0.15, -0.1) is 0 Å². The van der Waals surface area contributed by atoms with Crippen LogP contribution in [0.5, 0.6) is 0 Å². The van der Waals surface area contributed by atoms with Gasteiger partial charge in [0.05, 0.1) is 6.61 Å². The van der Waals surface area contributed by atoms with E-state index in [0.29, 0.717) is 18.7 Å². The van der Waals surface area contributed by atoms with E-state index < -0.39 is 0 Å². The number of nitrogens with zero attached hydrogens (tertiary/aromatic N) is 1. The number of rotatable bonds is 2. The Bertz CT molecular complexity index is 95.4. The molecule has 0 saturated carbocycles. The normalized spacial score (nSPS) is 35.1. The van der Waals surface area contributed by atoms with E-state index in [1.807, 2.05) is 0 Å². The first-order valence-corrected chi connectivity index (χ1v) is 4.12. The molecule has 0 aromatic carbocycles. The van der Waals surface area contributed by atoms with Gasteiger partial charge in [0.1, 0.15) is 0 Å². The highest BCUT2D eigenvalue weighted by Gasteiger charge is 2.25. The van der Waals surface area contributed by atoms with Crippen molar-refractivity contribution in [3.8, 4) is 0 Å². The van der Waals surface area contributed by atoms with Gasteiger partial charge < -0.3 is 5.11 Å². The first-order valence-electron chi connectivity index (χ1n) is 4.12. The summed E-state index contributed by atoms with van der Waals surface area (Å²) in [4.78, 5) is 2.38. The summed E-state index contributed by atoms with van der Waals surface area (Å²) in [6, 6.07) is 1.37. The minimum Gasteiger partial charge on any atom is -0.395 e. The molecule has 2 atom stereocenters. The quantitative estimate of drug-likeness (QED) is 0.619. The van der Waals surface area contributed by atoms with Crippen LogP contribution in [-0.4, -0.2) is 35.2 Å². The van der Waals surface area contributed by atoms with Crippen molar-refractivity contribution in [2.45, 2.75) is 38.8 Å². The Balaban J connectivity index is 2.38. The summed E-state index contributed by atoms with van der Waals surface area (Å²) in [6.45, 7) is 5.62. The summed E-state index contributed by atoms with van der Waals surface area (Å²) in [5.74, 6) is 0. The van der Waals surface area contributed by atoms with Crippen molar-refractivity contribution >= 4 is 0 Å². The molecule has 10 heavy (non-hydrogen) atoms. The molecular formula is C8H17NO. The maximum atomic E-state index is 8.72. The lowest BCUT2D eigenvalue weighted by atomic mass is 10.2. The van der Waals surface area contributed by atoms with Crippen molar-refractivity contribution in [3.63, 3.8) is 0 Å². The third-order valence-corrected chi connectivity index (χ3v) is 2.49. The third-order valence-electron chi connectivity index (χ3n) is 2.49. The second-order valence-electron chi connectivity index (χ2n) is 3.24. The monoisotopic (exact) mass is 143 g/mol. The molecule has 1 fully saturated rings. The molecule has 2 nitrogen and oxygen atoms in total. The van der Waals surface area contributed by atoms with Gasteiger partial charge in [-0.1, -0.05) is 0 Å². The van der Waals surface area contributed by atoms with Crippen LogP contribution in [0, 0.1) is 0 Å². The summed E-state index contributed by atoms with van der Waals surface area (Å²) >= 11 is 0. The number of β-amino-alcohol motifs (C(OH)–C–C–N with tert-alkyl or cyclic N) is 1. The lowest BCUT2D eigenvalue weighted by molar-refractivity contribution is 0.160. The topological polar surface area (TPSA) is 23.5 Å². The molecule has 0 aromatic rings. The lowest BCUT2D eigenvalue weighted by Gasteiger charge is -2.24. The van der Waals surface area contributed by atoms with E-state index in [9.17, 15) is 0 Å². The van der Waals surface area contributed by atoms with Gasteiger partial charge in [-0.2, -0.15) is 0 Å². The van der Waals surface area contributed by atoms with Gasteiger partial charge in [0.25, 0.3) is 0 Å². The average molecular weight is 143 g/mol. The predicted octanol–water partition coefficient (Wildman–Crippen LogP) is 0.851. The number of hydrogen-bond donors (Lipinski definition) is 1. The molecule has 60 valence electrons. The zero-order chi connectivity index (χ0) is 7.56. The van der Waals surface area contributed by atoms with Gasteiger partial charge in [-0.3, -0.25) is 4.90 Å². The van der Waals surface area contributed by atoms with E-state index in [4.69, 9.17) is 5.11 Å². The molecule has 0 spiro atoms.